The third kappa shape index (κ3) is 3.95. The lowest BCUT2D eigenvalue weighted by molar-refractivity contribution is 0.452. The van der Waals surface area contributed by atoms with Gasteiger partial charge in [-0.1, -0.05) is 12.5 Å². The molecule has 0 aromatic heterocycles. The van der Waals surface area contributed by atoms with Gasteiger partial charge in [0, 0.05) is 10.5 Å². The molecule has 1 aliphatic rings. The van der Waals surface area contributed by atoms with Crippen LogP contribution in [0.3, 0.4) is 0 Å². The molecule has 0 spiro atoms. The Bertz CT molecular complexity index is 565. The third-order valence-electron chi connectivity index (χ3n) is 3.65. The molecular formula is C13H20BrClN2O2S. The van der Waals surface area contributed by atoms with Crippen molar-refractivity contribution in [1.29, 1.82) is 0 Å². The maximum Gasteiger partial charge on any atom is 0.241 e. The average Bonchev–Trinajstić information content (AvgIpc) is 2.74. The van der Waals surface area contributed by atoms with Crippen molar-refractivity contribution in [3.05, 3.63) is 28.2 Å². The second kappa shape index (κ2) is 7.22. The van der Waals surface area contributed by atoms with Crippen LogP contribution in [0, 0.1) is 12.8 Å². The third-order valence-corrected chi connectivity index (χ3v) is 6.11. The van der Waals surface area contributed by atoms with Crippen molar-refractivity contribution in [2.75, 3.05) is 6.54 Å². The molecule has 0 radical (unpaired) electrons. The van der Waals surface area contributed by atoms with E-state index in [-0.39, 0.29) is 24.4 Å². The molecule has 0 amide bonds. The monoisotopic (exact) mass is 382 g/mol. The standard InChI is InChI=1S/C13H19BrN2O2S.ClH/c1-9-5-6-13(11(14)7-9)19(17,18)16-12-4-2-3-10(12)8-15;/h5-7,10,12,16H,2-4,8,15H2,1H3;1H. The predicted octanol–water partition coefficient (Wildman–Crippen LogP) is 2.59. The molecule has 2 rings (SSSR count). The molecule has 20 heavy (non-hydrogen) atoms. The number of sulfonamides is 1. The van der Waals surface area contributed by atoms with E-state index in [1.807, 2.05) is 13.0 Å². The SMILES string of the molecule is Cc1ccc(S(=O)(=O)NC2CCCC2CN)c(Br)c1.Cl. The molecule has 1 saturated carbocycles. The van der Waals surface area contributed by atoms with Gasteiger partial charge in [0.05, 0.1) is 4.90 Å². The minimum atomic E-state index is -3.49. The van der Waals surface area contributed by atoms with Gasteiger partial charge < -0.3 is 5.73 Å². The zero-order valence-corrected chi connectivity index (χ0v) is 14.5. The number of aryl methyl sites for hydroxylation is 1. The highest BCUT2D eigenvalue weighted by Gasteiger charge is 2.30. The molecular weight excluding hydrogens is 364 g/mol. The minimum absolute atomic E-state index is 0. The van der Waals surface area contributed by atoms with E-state index >= 15 is 0 Å². The Morgan fingerprint density at radius 1 is 1.40 bits per heavy atom. The van der Waals surface area contributed by atoms with E-state index in [1.165, 1.54) is 0 Å². The van der Waals surface area contributed by atoms with Crippen molar-refractivity contribution >= 4 is 38.4 Å². The zero-order valence-electron chi connectivity index (χ0n) is 11.3. The van der Waals surface area contributed by atoms with Gasteiger partial charge in [-0.3, -0.25) is 0 Å². The van der Waals surface area contributed by atoms with Crippen LogP contribution < -0.4 is 10.5 Å². The summed E-state index contributed by atoms with van der Waals surface area (Å²) >= 11 is 3.32. The smallest absolute Gasteiger partial charge is 0.241 e. The fourth-order valence-electron chi connectivity index (χ4n) is 2.56. The number of nitrogens with two attached hydrogens (primary N) is 1. The number of nitrogens with one attached hydrogen (secondary N) is 1. The largest absolute Gasteiger partial charge is 0.330 e. The van der Waals surface area contributed by atoms with Gasteiger partial charge in [-0.25, -0.2) is 13.1 Å². The molecule has 3 N–H and O–H groups in total. The topological polar surface area (TPSA) is 72.2 Å². The van der Waals surface area contributed by atoms with Gasteiger partial charge in [-0.2, -0.15) is 0 Å². The number of halogens is 2. The van der Waals surface area contributed by atoms with Crippen LogP contribution in [0.2, 0.25) is 0 Å². The van der Waals surface area contributed by atoms with Crippen molar-refractivity contribution < 1.29 is 8.42 Å². The zero-order chi connectivity index (χ0) is 14.0. The molecule has 1 fully saturated rings. The Labute approximate surface area is 135 Å². The van der Waals surface area contributed by atoms with Crippen LogP contribution in [0.5, 0.6) is 0 Å². The fourth-order valence-corrected chi connectivity index (χ4v) is 5.09. The molecule has 0 heterocycles. The van der Waals surface area contributed by atoms with Crippen LogP contribution in [0.1, 0.15) is 24.8 Å². The molecule has 2 unspecified atom stereocenters. The first-order chi connectivity index (χ1) is 8.94. The lowest BCUT2D eigenvalue weighted by Gasteiger charge is -2.20. The summed E-state index contributed by atoms with van der Waals surface area (Å²) in [6.45, 7) is 2.46. The number of hydrogen-bond donors (Lipinski definition) is 2. The summed E-state index contributed by atoms with van der Waals surface area (Å²) in [6, 6.07) is 5.20. The first kappa shape index (κ1) is 17.9. The van der Waals surface area contributed by atoms with Crippen LogP contribution in [0.4, 0.5) is 0 Å². The van der Waals surface area contributed by atoms with Gasteiger partial charge in [0.15, 0.2) is 0 Å². The van der Waals surface area contributed by atoms with Gasteiger partial charge in [0.25, 0.3) is 0 Å². The second-order valence-corrected chi connectivity index (χ2v) is 7.63. The van der Waals surface area contributed by atoms with E-state index in [2.05, 4.69) is 20.7 Å². The summed E-state index contributed by atoms with van der Waals surface area (Å²) in [5.74, 6) is 0.249. The molecule has 0 bridgehead atoms. The van der Waals surface area contributed by atoms with Crippen molar-refractivity contribution in [1.82, 2.24) is 4.72 Å². The van der Waals surface area contributed by atoms with E-state index in [9.17, 15) is 8.42 Å². The van der Waals surface area contributed by atoms with E-state index in [1.54, 1.807) is 12.1 Å². The number of benzene rings is 1. The molecule has 114 valence electrons. The molecule has 7 heteroatoms. The normalized spacial score (nSPS) is 22.6. The van der Waals surface area contributed by atoms with Crippen LogP contribution in [0.15, 0.2) is 27.6 Å². The quantitative estimate of drug-likeness (QED) is 0.839. The lowest BCUT2D eigenvalue weighted by atomic mass is 10.1. The summed E-state index contributed by atoms with van der Waals surface area (Å²) in [4.78, 5) is 0.292. The maximum atomic E-state index is 12.4. The van der Waals surface area contributed by atoms with Crippen molar-refractivity contribution in [3.8, 4) is 0 Å². The molecule has 4 nitrogen and oxygen atoms in total. The Hall–Kier alpha value is -0.140. The summed E-state index contributed by atoms with van der Waals surface area (Å²) < 4.78 is 28.2. The van der Waals surface area contributed by atoms with Crippen molar-refractivity contribution in [3.63, 3.8) is 0 Å². The van der Waals surface area contributed by atoms with Gasteiger partial charge in [-0.05, 0) is 65.9 Å². The van der Waals surface area contributed by atoms with Crippen molar-refractivity contribution in [2.45, 2.75) is 37.1 Å². The average molecular weight is 384 g/mol. The van der Waals surface area contributed by atoms with E-state index in [0.29, 0.717) is 15.9 Å². The maximum absolute atomic E-state index is 12.4. The Morgan fingerprint density at radius 3 is 2.70 bits per heavy atom. The number of hydrogen-bond acceptors (Lipinski definition) is 3. The highest BCUT2D eigenvalue weighted by Crippen LogP contribution is 2.28. The van der Waals surface area contributed by atoms with Crippen LogP contribution in [-0.4, -0.2) is 21.0 Å². The summed E-state index contributed by atoms with van der Waals surface area (Å²) in [5.41, 5.74) is 6.71. The second-order valence-electron chi connectivity index (χ2n) is 5.09. The summed E-state index contributed by atoms with van der Waals surface area (Å²) in [5, 5.41) is 0. The van der Waals surface area contributed by atoms with Crippen molar-refractivity contribution in [2.24, 2.45) is 11.7 Å². The van der Waals surface area contributed by atoms with Crippen LogP contribution in [0.25, 0.3) is 0 Å². The Morgan fingerprint density at radius 2 is 2.10 bits per heavy atom. The summed E-state index contributed by atoms with van der Waals surface area (Å²) in [6.07, 6.45) is 2.90. The first-order valence-corrected chi connectivity index (χ1v) is 8.70. The molecule has 2 atom stereocenters. The highest BCUT2D eigenvalue weighted by atomic mass is 79.9. The van der Waals surface area contributed by atoms with Gasteiger partial charge in [-0.15, -0.1) is 12.4 Å². The van der Waals surface area contributed by atoms with E-state index in [4.69, 9.17) is 5.73 Å². The molecule has 1 aromatic carbocycles. The van der Waals surface area contributed by atoms with Crippen LogP contribution in [-0.2, 0) is 10.0 Å². The van der Waals surface area contributed by atoms with Gasteiger partial charge in [0.2, 0.25) is 10.0 Å². The predicted molar refractivity (Wildman–Crippen MR) is 86.6 cm³/mol. The summed E-state index contributed by atoms with van der Waals surface area (Å²) in [7, 11) is -3.49. The Balaban J connectivity index is 0.00000200. The Kier molecular flexibility index (Phi) is 6.47. The van der Waals surface area contributed by atoms with Gasteiger partial charge in [0.1, 0.15) is 0 Å². The molecule has 1 aromatic rings. The molecule has 0 aliphatic heterocycles. The molecule has 1 aliphatic carbocycles. The fraction of sp³-hybridized carbons (Fsp3) is 0.538. The molecule has 0 saturated heterocycles. The van der Waals surface area contributed by atoms with Crippen LogP contribution >= 0.6 is 28.3 Å². The number of rotatable bonds is 4. The first-order valence-electron chi connectivity index (χ1n) is 6.42. The van der Waals surface area contributed by atoms with Gasteiger partial charge >= 0.3 is 0 Å². The minimum Gasteiger partial charge on any atom is -0.330 e. The lowest BCUT2D eigenvalue weighted by Crippen LogP contribution is -2.39. The highest BCUT2D eigenvalue weighted by molar-refractivity contribution is 9.10. The van der Waals surface area contributed by atoms with E-state index < -0.39 is 10.0 Å². The van der Waals surface area contributed by atoms with E-state index in [0.717, 1.165) is 24.8 Å².